The van der Waals surface area contributed by atoms with E-state index in [0.717, 1.165) is 12.5 Å². The van der Waals surface area contributed by atoms with Crippen molar-refractivity contribution in [2.24, 2.45) is 0 Å². The number of hydrogen-bond acceptors (Lipinski definition) is 7. The van der Waals surface area contributed by atoms with Crippen molar-refractivity contribution in [2.45, 2.75) is 63.6 Å². The number of carbonyl (C=O) groups is 3. The second kappa shape index (κ2) is 10.1. The number of amides is 2. The van der Waals surface area contributed by atoms with Crippen LogP contribution in [0.1, 0.15) is 33.1 Å². The largest absolute Gasteiger partial charge is 0.478 e. The summed E-state index contributed by atoms with van der Waals surface area (Å²) in [7, 11) is 0. The van der Waals surface area contributed by atoms with E-state index < -0.39 is 48.1 Å². The molecule has 0 aromatic rings. The fourth-order valence-electron chi connectivity index (χ4n) is 2.50. The van der Waals surface area contributed by atoms with E-state index >= 15 is 0 Å². The van der Waals surface area contributed by atoms with E-state index in [0.29, 0.717) is 6.42 Å². The normalized spacial score (nSPS) is 24.7. The fourth-order valence-corrected chi connectivity index (χ4v) is 2.50. The third-order valence-corrected chi connectivity index (χ3v) is 3.88. The van der Waals surface area contributed by atoms with Gasteiger partial charge in [-0.2, -0.15) is 0 Å². The van der Waals surface area contributed by atoms with E-state index in [1.54, 1.807) is 0 Å². The molecule has 0 saturated heterocycles. The summed E-state index contributed by atoms with van der Waals surface area (Å²) < 4.78 is 5.15. The molecule has 0 radical (unpaired) electrons. The van der Waals surface area contributed by atoms with Gasteiger partial charge in [0.05, 0.1) is 6.04 Å². The highest BCUT2D eigenvalue weighted by atomic mass is 16.5. The molecule has 0 saturated carbocycles. The Morgan fingerprint density at radius 1 is 1.31 bits per heavy atom. The average molecular weight is 374 g/mol. The minimum atomic E-state index is -1.67. The number of rotatable bonds is 9. The quantitative estimate of drug-likeness (QED) is 0.276. The molecule has 5 atom stereocenters. The highest BCUT2D eigenvalue weighted by Crippen LogP contribution is 2.22. The predicted octanol–water partition coefficient (Wildman–Crippen LogP) is -1.75. The maximum absolute atomic E-state index is 11.6. The van der Waals surface area contributed by atoms with Gasteiger partial charge >= 0.3 is 5.97 Å². The Morgan fingerprint density at radius 3 is 2.50 bits per heavy atom. The van der Waals surface area contributed by atoms with Crippen LogP contribution in [0.3, 0.4) is 0 Å². The summed E-state index contributed by atoms with van der Waals surface area (Å²) in [4.78, 5) is 34.0. The highest BCUT2D eigenvalue weighted by Gasteiger charge is 2.43. The van der Waals surface area contributed by atoms with E-state index in [4.69, 9.17) is 9.84 Å². The van der Waals surface area contributed by atoms with E-state index in [1.165, 1.54) is 6.92 Å². The van der Waals surface area contributed by atoms with Crippen molar-refractivity contribution in [1.29, 1.82) is 0 Å². The van der Waals surface area contributed by atoms with Crippen molar-refractivity contribution >= 4 is 17.8 Å². The van der Waals surface area contributed by atoms with Gasteiger partial charge in [0, 0.05) is 19.9 Å². The topological polar surface area (TPSA) is 165 Å². The molecule has 0 fully saturated rings. The van der Waals surface area contributed by atoms with Gasteiger partial charge in [0.1, 0.15) is 18.3 Å². The first-order chi connectivity index (χ1) is 12.2. The SMILES string of the molecule is CCCCC(=O)NC[C@H](O)[C@H](O)C1OC(C(=O)O)=C[C@@H](O)C1NC(C)=O. The molecular formula is C16H26N2O8. The number of ether oxygens (including phenoxy) is 1. The average Bonchev–Trinajstić information content (AvgIpc) is 2.58. The summed E-state index contributed by atoms with van der Waals surface area (Å²) in [6.45, 7) is 2.81. The van der Waals surface area contributed by atoms with E-state index in [9.17, 15) is 29.7 Å². The molecule has 148 valence electrons. The number of nitrogens with one attached hydrogen (secondary N) is 2. The molecule has 2 unspecified atom stereocenters. The first-order valence-corrected chi connectivity index (χ1v) is 8.37. The number of aliphatic hydroxyl groups is 3. The van der Waals surface area contributed by atoms with Crippen LogP contribution < -0.4 is 10.6 Å². The van der Waals surface area contributed by atoms with Crippen molar-refractivity contribution < 1.29 is 39.5 Å². The van der Waals surface area contributed by atoms with Gasteiger partial charge < -0.3 is 35.8 Å². The second-order valence-electron chi connectivity index (χ2n) is 6.10. The maximum atomic E-state index is 11.6. The lowest BCUT2D eigenvalue weighted by atomic mass is 9.93. The Kier molecular flexibility index (Phi) is 8.49. The van der Waals surface area contributed by atoms with Gasteiger partial charge in [-0.05, 0) is 12.5 Å². The summed E-state index contributed by atoms with van der Waals surface area (Å²) in [5, 5.41) is 44.3. The minimum Gasteiger partial charge on any atom is -0.478 e. The lowest BCUT2D eigenvalue weighted by Gasteiger charge is -2.38. The van der Waals surface area contributed by atoms with Gasteiger partial charge in [-0.25, -0.2) is 4.79 Å². The zero-order valence-electron chi connectivity index (χ0n) is 14.7. The Morgan fingerprint density at radius 2 is 1.96 bits per heavy atom. The number of aliphatic carboxylic acids is 1. The van der Waals surface area contributed by atoms with Crippen LogP contribution in [0.25, 0.3) is 0 Å². The molecule has 1 aliphatic rings. The Labute approximate surface area is 150 Å². The van der Waals surface area contributed by atoms with Crippen LogP contribution in [0.15, 0.2) is 11.8 Å². The van der Waals surface area contributed by atoms with Crippen molar-refractivity contribution in [1.82, 2.24) is 10.6 Å². The van der Waals surface area contributed by atoms with Gasteiger partial charge in [-0.15, -0.1) is 0 Å². The molecule has 0 aromatic carbocycles. The molecule has 1 aliphatic heterocycles. The second-order valence-corrected chi connectivity index (χ2v) is 6.10. The van der Waals surface area contributed by atoms with Crippen LogP contribution in [0.5, 0.6) is 0 Å². The monoisotopic (exact) mass is 374 g/mol. The van der Waals surface area contributed by atoms with Gasteiger partial charge in [0.2, 0.25) is 17.6 Å². The van der Waals surface area contributed by atoms with Crippen molar-refractivity contribution in [3.05, 3.63) is 11.8 Å². The molecule has 0 bridgehead atoms. The molecular weight excluding hydrogens is 348 g/mol. The number of carboxylic acids is 1. The van der Waals surface area contributed by atoms with Crippen molar-refractivity contribution in [2.75, 3.05) is 6.54 Å². The molecule has 0 aliphatic carbocycles. The Bertz CT molecular complexity index is 550. The van der Waals surface area contributed by atoms with E-state index in [2.05, 4.69) is 10.6 Å². The van der Waals surface area contributed by atoms with Crippen LogP contribution in [0.4, 0.5) is 0 Å². The Hall–Kier alpha value is -2.17. The molecule has 1 rings (SSSR count). The van der Waals surface area contributed by atoms with Crippen LogP contribution in [0, 0.1) is 0 Å². The summed E-state index contributed by atoms with van der Waals surface area (Å²) in [6, 6.07) is -1.17. The zero-order valence-corrected chi connectivity index (χ0v) is 14.7. The molecule has 0 spiro atoms. The highest BCUT2D eigenvalue weighted by molar-refractivity contribution is 5.84. The number of hydrogen-bond donors (Lipinski definition) is 6. The standard InChI is InChI=1S/C16H26N2O8/c1-3-4-5-12(22)17-7-10(21)14(23)15-13(18-8(2)19)9(20)6-11(26-15)16(24)25/h6,9-10,13-15,20-21,23H,3-5,7H2,1-2H3,(H,17,22)(H,18,19)(H,24,25)/t9-,10+,13?,14+,15?/m1/s1. The van der Waals surface area contributed by atoms with Crippen LogP contribution in [-0.4, -0.2) is 75.2 Å². The molecule has 26 heavy (non-hydrogen) atoms. The molecule has 10 heteroatoms. The van der Waals surface area contributed by atoms with Crippen molar-refractivity contribution in [3.63, 3.8) is 0 Å². The summed E-state index contributed by atoms with van der Waals surface area (Å²) >= 11 is 0. The third kappa shape index (κ3) is 6.28. The molecule has 6 N–H and O–H groups in total. The predicted molar refractivity (Wildman–Crippen MR) is 88.8 cm³/mol. The Balaban J connectivity index is 2.81. The van der Waals surface area contributed by atoms with Gasteiger partial charge in [-0.3, -0.25) is 9.59 Å². The smallest absolute Gasteiger partial charge is 0.370 e. The summed E-state index contributed by atoms with van der Waals surface area (Å²) in [5.41, 5.74) is 0. The lowest BCUT2D eigenvalue weighted by molar-refractivity contribution is -0.147. The maximum Gasteiger partial charge on any atom is 0.370 e. The number of unbranched alkanes of at least 4 members (excludes halogenated alkanes) is 1. The van der Waals surface area contributed by atoms with Crippen LogP contribution >= 0.6 is 0 Å². The molecule has 2 amide bonds. The first-order valence-electron chi connectivity index (χ1n) is 8.37. The molecule has 0 aromatic heterocycles. The first kappa shape index (κ1) is 21.9. The minimum absolute atomic E-state index is 0.276. The fraction of sp³-hybridized carbons (Fsp3) is 0.688. The number of aliphatic hydroxyl groups excluding tert-OH is 3. The van der Waals surface area contributed by atoms with Gasteiger partial charge in [0.15, 0.2) is 6.10 Å². The van der Waals surface area contributed by atoms with Gasteiger partial charge in [-0.1, -0.05) is 13.3 Å². The van der Waals surface area contributed by atoms with Gasteiger partial charge in [0.25, 0.3) is 0 Å². The summed E-state index contributed by atoms with van der Waals surface area (Å²) in [5.74, 6) is -2.91. The van der Waals surface area contributed by atoms with E-state index in [-0.39, 0.29) is 18.9 Å². The zero-order chi connectivity index (χ0) is 19.9. The summed E-state index contributed by atoms with van der Waals surface area (Å²) in [6.07, 6.45) is -3.35. The van der Waals surface area contributed by atoms with E-state index in [1.807, 2.05) is 6.92 Å². The number of carboxylic acid groups (broad SMARTS) is 1. The van der Waals surface area contributed by atoms with Crippen molar-refractivity contribution in [3.8, 4) is 0 Å². The third-order valence-electron chi connectivity index (χ3n) is 3.88. The van der Waals surface area contributed by atoms with Crippen LogP contribution in [-0.2, 0) is 19.1 Å². The molecule has 10 nitrogen and oxygen atoms in total. The number of carbonyl (C=O) groups excluding carboxylic acids is 2. The lowest BCUT2D eigenvalue weighted by Crippen LogP contribution is -2.60. The van der Waals surface area contributed by atoms with Crippen LogP contribution in [0.2, 0.25) is 0 Å². The molecule has 1 heterocycles.